The van der Waals surface area contributed by atoms with Crippen molar-refractivity contribution in [1.82, 2.24) is 37.2 Å². The molecule has 133 heavy (non-hydrogen) atoms. The number of unbranched alkanes of at least 4 members (excludes halogenated alkanes) is 2. The number of carbonyl (C=O) groups is 10. The molecule has 35 nitrogen and oxygen atoms in total. The van der Waals surface area contributed by atoms with Crippen LogP contribution in [0.15, 0.2) is 97.1 Å². The van der Waals surface area contributed by atoms with Gasteiger partial charge < -0.3 is 122 Å². The van der Waals surface area contributed by atoms with Crippen LogP contribution in [0.4, 0.5) is 10.5 Å². The van der Waals surface area contributed by atoms with Gasteiger partial charge >= 0.3 is 6.03 Å². The number of carbonyl (C=O) groups excluding carboxylic acids is 10. The Morgan fingerprint density at radius 2 is 1.34 bits per heavy atom. The summed E-state index contributed by atoms with van der Waals surface area (Å²) in [5.74, 6) is -16.5. The first-order valence-corrected chi connectivity index (χ1v) is 46.1. The molecule has 0 unspecified atom stereocenters. The molecule has 7 aliphatic heterocycles. The lowest BCUT2D eigenvalue weighted by Crippen LogP contribution is -2.64. The Bertz CT molecular complexity index is 5340. The second kappa shape index (κ2) is 42.1. The highest BCUT2D eigenvalue weighted by Gasteiger charge is 2.54. The van der Waals surface area contributed by atoms with Crippen LogP contribution in [0.3, 0.4) is 0 Å². The number of Topliss-reactive ketones (excluding diaryl/α,β-unsaturated/α-hetero) is 3. The molecule has 15 bridgehead atoms. The molecule has 8 amide bonds. The molecule has 0 radical (unpaired) electrons. The topological polar surface area (TPSA) is 540 Å². The number of aliphatic hydroxyl groups is 6. The SMILES string of the molecule is CC[C@H](CC(C)C)C(=O)N[C@H]1C(=O)C[C@@H](CC(=O)NC(=O)Nc2ccc(OC)cc2)C(=O)N[C@H]2C(=O)C[C@H]3C(=O)N[C@H](C(=O)N[C@H](C(=O)CC4C5CC6CC(C5)CC4C6)c4cc(O)c(CNCCCCCNC(C)=O)c(O)c4-c4cc3ccc4O)[C@H](O)c3ccc(c(Cl)c3)Oc3cc2cc(c3O[C@@H]2O[C@H](CO)[C@@H](O)[C@H](O)[C@H]2O[C@H]2C[C@](C)(N)[C@H](O)[C@H](C)O2)Oc2ccc(cc2Cl)[C@H]1O. The predicted octanol–water partition coefficient (Wildman–Crippen LogP) is 8.74. The van der Waals surface area contributed by atoms with Gasteiger partial charge in [-0.05, 0) is 220 Å². The Labute approximate surface area is 777 Å². The largest absolute Gasteiger partial charge is 0.507 e. The molecule has 4 saturated carbocycles. The van der Waals surface area contributed by atoms with Crippen LogP contribution in [0.2, 0.25) is 10.0 Å². The number of nitrogens with one attached hydrogen (secondary N) is 8. The number of methoxy groups -OCH3 is 1. The van der Waals surface area contributed by atoms with Crippen LogP contribution in [0.1, 0.15) is 201 Å². The van der Waals surface area contributed by atoms with Crippen LogP contribution in [0.25, 0.3) is 11.1 Å². The van der Waals surface area contributed by atoms with E-state index >= 15 is 28.8 Å². The predicted molar refractivity (Wildman–Crippen MR) is 481 cm³/mol. The maximum atomic E-state index is 17.0. The van der Waals surface area contributed by atoms with Crippen molar-refractivity contribution in [2.45, 2.75) is 241 Å². The number of anilines is 1. The first-order chi connectivity index (χ1) is 63.3. The second-order valence-electron chi connectivity index (χ2n) is 37.2. The van der Waals surface area contributed by atoms with Crippen LogP contribution in [-0.2, 0) is 63.9 Å². The van der Waals surface area contributed by atoms with E-state index in [0.717, 1.165) is 56.4 Å². The number of hydrogen-bond donors (Lipinski definition) is 18. The number of aliphatic hydroxyl groups excluding tert-OH is 6. The molecule has 6 fully saturated rings. The number of benzene rings is 6. The van der Waals surface area contributed by atoms with Gasteiger partial charge in [0.2, 0.25) is 47.5 Å². The highest BCUT2D eigenvalue weighted by atomic mass is 35.5. The van der Waals surface area contributed by atoms with Gasteiger partial charge in [-0.3, -0.25) is 48.5 Å². The molecular formula is C96H117Cl2N9O26. The maximum Gasteiger partial charge on any atom is 0.325 e. The van der Waals surface area contributed by atoms with Crippen molar-refractivity contribution in [2.75, 3.05) is 32.1 Å². The minimum Gasteiger partial charge on any atom is -0.507 e. The average Bonchev–Trinajstić information content (AvgIpc) is 0.747. The fourth-order valence-electron chi connectivity index (χ4n) is 20.3. The summed E-state index contributed by atoms with van der Waals surface area (Å²) in [5.41, 5.74) is 3.45. The number of phenols is 3. The Kier molecular flexibility index (Phi) is 31.1. The third kappa shape index (κ3) is 22.3. The lowest BCUT2D eigenvalue weighted by atomic mass is 9.51. The molecule has 2 saturated heterocycles. The molecule has 6 aromatic carbocycles. The number of nitrogens with two attached hydrogens (primary N) is 1. The first-order valence-electron chi connectivity index (χ1n) is 45.3. The third-order valence-corrected chi connectivity index (χ3v) is 27.7. The molecule has 0 spiro atoms. The zero-order chi connectivity index (χ0) is 95.5. The fraction of sp³-hybridized carbons (Fsp3) is 0.521. The molecule has 716 valence electrons. The normalized spacial score (nSPS) is 29.3. The van der Waals surface area contributed by atoms with Crippen LogP contribution in [0, 0.1) is 47.3 Å². The van der Waals surface area contributed by atoms with Gasteiger partial charge in [-0.15, -0.1) is 0 Å². The second-order valence-corrected chi connectivity index (χ2v) is 38.0. The summed E-state index contributed by atoms with van der Waals surface area (Å²) in [4.78, 5) is 153. The van der Waals surface area contributed by atoms with E-state index in [1.165, 1.54) is 101 Å². The molecule has 7 heterocycles. The lowest BCUT2D eigenvalue weighted by molar-refractivity contribution is -0.333. The standard InChI is InChI=1S/C96H117Cl2N9O26/c1-8-48(24-43(2)3)90(122)106-80-67(112)33-55(36-75(115)103-95(126)102-56-15-17-57(127-7)18-16-56)91(123)104-78-54-34-72(129-70-20-13-50(82(80)116)31-63(70)97)87(133-94-88(86(120)85(119)74(42-108)131-94)132-76-40-96(6,99)89(121)44(4)128-76)73(35-54)130-71-21-14-51(32-64(71)98)83(117)81-93(125)105-79(69(114)37-58-52-26-46-25-47(28-52)29-53(58)27-46)61-39-66(111)62(41-100-22-10-9-11-23-101-45(5)109)84(118)77(61)60-30-49(12-19-65(60)110)59(38-68(78)113)92(124)107-81/h12-21,30-32,34-35,39,43-44,46-48,52-53,55,58-59,74,76,78-83,85-86,88-89,94,100,108,110-111,116-121H,8-11,22-29,33,36-38,40-42,99H2,1-7H3,(H,101,109)(H,104,123)(H,105,125)(H,106,122)(H,107,124)(H2,102,103,115,126)/t44-,46?,47?,48+,52?,53?,55-,58?,59+,74+,76-,78+,79-,80-,81-,82+,83+,85+,86-,88+,89+,94-,96-/m0/s1. The molecule has 6 aromatic rings. The number of amides is 8. The smallest absolute Gasteiger partial charge is 0.325 e. The summed E-state index contributed by atoms with van der Waals surface area (Å²) in [7, 11) is 1.42. The molecule has 4 aliphatic carbocycles. The Hall–Kier alpha value is -10.6. The average molecular weight is 1880 g/mol. The molecule has 37 heteroatoms. The first kappa shape index (κ1) is 98.4. The van der Waals surface area contributed by atoms with Crippen LogP contribution in [0.5, 0.6) is 51.7 Å². The van der Waals surface area contributed by atoms with Crippen molar-refractivity contribution < 1.29 is 127 Å². The zero-order valence-electron chi connectivity index (χ0n) is 74.8. The highest BCUT2D eigenvalue weighted by Crippen LogP contribution is 2.59. The summed E-state index contributed by atoms with van der Waals surface area (Å²) in [6.07, 6.45) is -14.2. The minimum absolute atomic E-state index is 0.0648. The Morgan fingerprint density at radius 3 is 1.95 bits per heavy atom. The summed E-state index contributed by atoms with van der Waals surface area (Å²) in [5, 5.41) is 131. The zero-order valence-corrected chi connectivity index (χ0v) is 76.3. The van der Waals surface area contributed by atoms with Gasteiger partial charge in [0.05, 0.1) is 53.4 Å². The van der Waals surface area contributed by atoms with E-state index in [1.54, 1.807) is 6.92 Å². The number of imide groups is 1. The summed E-state index contributed by atoms with van der Waals surface area (Å²) in [6, 6.07) is 10.9. The van der Waals surface area contributed by atoms with Crippen molar-refractivity contribution in [1.29, 1.82) is 0 Å². The van der Waals surface area contributed by atoms with Crippen LogP contribution < -0.4 is 67.2 Å². The highest BCUT2D eigenvalue weighted by molar-refractivity contribution is 6.32. The van der Waals surface area contributed by atoms with Gasteiger partial charge in [-0.1, -0.05) is 68.6 Å². The van der Waals surface area contributed by atoms with Crippen molar-refractivity contribution in [2.24, 2.45) is 53.1 Å². The molecule has 19 N–H and O–H groups in total. The minimum atomic E-state index is -2.29. The molecule has 17 rings (SSSR count). The van der Waals surface area contributed by atoms with Crippen molar-refractivity contribution >= 4 is 87.7 Å². The number of halogens is 2. The van der Waals surface area contributed by atoms with Gasteiger partial charge in [0, 0.05) is 80.4 Å². The number of ketones is 3. The monoisotopic (exact) mass is 1880 g/mol. The van der Waals surface area contributed by atoms with E-state index in [0.29, 0.717) is 56.4 Å². The maximum absolute atomic E-state index is 17.0. The van der Waals surface area contributed by atoms with E-state index in [2.05, 4.69) is 42.5 Å². The molecular weight excluding hydrogens is 1770 g/mol. The lowest BCUT2D eigenvalue weighted by Gasteiger charge is -2.54. The third-order valence-electron chi connectivity index (χ3n) is 27.1. The van der Waals surface area contributed by atoms with Gasteiger partial charge in [-0.25, -0.2) is 4.79 Å². The van der Waals surface area contributed by atoms with Crippen LogP contribution in [-0.4, -0.2) is 198 Å². The van der Waals surface area contributed by atoms with Crippen molar-refractivity contribution in [3.05, 3.63) is 140 Å². The van der Waals surface area contributed by atoms with Crippen LogP contribution >= 0.6 is 23.2 Å². The number of rotatable bonds is 25. The van der Waals surface area contributed by atoms with Gasteiger partial charge in [0.15, 0.2) is 41.2 Å². The summed E-state index contributed by atoms with van der Waals surface area (Å²) >= 11 is 14.7. The molecule has 11 aliphatic rings. The number of urea groups is 1. The van der Waals surface area contributed by atoms with Crippen molar-refractivity contribution in [3.8, 4) is 62.9 Å². The van der Waals surface area contributed by atoms with E-state index in [4.69, 9.17) is 62.1 Å². The summed E-state index contributed by atoms with van der Waals surface area (Å²) in [6.45, 7) is 9.46. The number of phenolic OH excluding ortho intramolecular Hbond substituents is 3. The number of fused-ring (bicyclic) bond motifs is 15. The quantitative estimate of drug-likeness (QED) is 0.0238. The van der Waals surface area contributed by atoms with Crippen molar-refractivity contribution in [3.63, 3.8) is 0 Å². The molecule has 0 aromatic heterocycles. The van der Waals surface area contributed by atoms with E-state index in [1.807, 2.05) is 13.8 Å². The summed E-state index contributed by atoms with van der Waals surface area (Å²) < 4.78 is 44.7. The van der Waals surface area contributed by atoms with Gasteiger partial charge in [0.25, 0.3) is 0 Å². The Morgan fingerprint density at radius 1 is 0.692 bits per heavy atom. The van der Waals surface area contributed by atoms with Gasteiger partial charge in [-0.2, -0.15) is 0 Å². The van der Waals surface area contributed by atoms with E-state index in [9.17, 15) is 65.1 Å². The van der Waals surface area contributed by atoms with E-state index in [-0.39, 0.29) is 117 Å². The number of aromatic hydroxyl groups is 3. The fourth-order valence-corrected chi connectivity index (χ4v) is 20.7. The molecule has 18 atom stereocenters. The van der Waals surface area contributed by atoms with E-state index < -0.39 is 233 Å². The number of ether oxygens (including phenoxy) is 7. The number of hydrogen-bond acceptors (Lipinski definition) is 28. The Balaban J connectivity index is 0.969. The van der Waals surface area contributed by atoms with Gasteiger partial charge in [0.1, 0.15) is 89.2 Å².